The van der Waals surface area contributed by atoms with Crippen LogP contribution in [0.3, 0.4) is 0 Å². The molecule has 1 aromatic rings. The summed E-state index contributed by atoms with van der Waals surface area (Å²) >= 11 is 0. The molecule has 1 saturated heterocycles. The molecule has 2 fully saturated rings. The van der Waals surface area contributed by atoms with Crippen LogP contribution in [0.2, 0.25) is 0 Å². The number of halogens is 3. The Balaban J connectivity index is 1.11. The zero-order valence-corrected chi connectivity index (χ0v) is 18.1. The van der Waals surface area contributed by atoms with Gasteiger partial charge in [-0.25, -0.2) is 9.67 Å². The predicted molar refractivity (Wildman–Crippen MR) is 112 cm³/mol. The molecule has 2 atom stereocenters. The summed E-state index contributed by atoms with van der Waals surface area (Å²) in [6, 6.07) is 0. The van der Waals surface area contributed by atoms with E-state index in [-0.39, 0.29) is 17.5 Å². The van der Waals surface area contributed by atoms with E-state index in [0.717, 1.165) is 50.0 Å². The lowest BCUT2D eigenvalue weighted by Crippen LogP contribution is -2.55. The largest absolute Gasteiger partial charge is 0.405 e. The van der Waals surface area contributed by atoms with Crippen molar-refractivity contribution < 1.29 is 18.0 Å². The topological polar surface area (TPSA) is 87.8 Å². The number of rotatable bonds is 5. The van der Waals surface area contributed by atoms with Crippen LogP contribution in [0.1, 0.15) is 56.3 Å². The highest BCUT2D eigenvalue weighted by molar-refractivity contribution is 5.80. The van der Waals surface area contributed by atoms with Gasteiger partial charge in [0, 0.05) is 31.8 Å². The smallest absolute Gasteiger partial charge is 0.347 e. The summed E-state index contributed by atoms with van der Waals surface area (Å²) in [7, 11) is 0. The Bertz CT molecular complexity index is 928. The second-order valence-corrected chi connectivity index (χ2v) is 9.83. The highest BCUT2D eigenvalue weighted by atomic mass is 19.4. The number of likely N-dealkylation sites (tertiary alicyclic amines) is 1. The lowest BCUT2D eigenvalue weighted by atomic mass is 9.74. The quantitative estimate of drug-likeness (QED) is 0.743. The van der Waals surface area contributed by atoms with Gasteiger partial charge in [-0.3, -0.25) is 9.79 Å². The molecule has 8 nitrogen and oxygen atoms in total. The van der Waals surface area contributed by atoms with Crippen LogP contribution >= 0.6 is 0 Å². The van der Waals surface area contributed by atoms with E-state index >= 15 is 0 Å². The van der Waals surface area contributed by atoms with Crippen LogP contribution in [-0.2, 0) is 10.2 Å². The van der Waals surface area contributed by atoms with Crippen molar-refractivity contribution in [1.29, 1.82) is 0 Å². The molecule has 0 spiro atoms. The van der Waals surface area contributed by atoms with Gasteiger partial charge in [0.05, 0.1) is 22.7 Å². The summed E-state index contributed by atoms with van der Waals surface area (Å²) in [6.45, 7) is 2.92. The predicted octanol–water partition coefficient (Wildman–Crippen LogP) is 2.11. The Hall–Kier alpha value is -2.30. The van der Waals surface area contributed by atoms with Gasteiger partial charge in [-0.05, 0) is 44.9 Å². The van der Waals surface area contributed by atoms with Crippen molar-refractivity contribution >= 4 is 18.5 Å². The van der Waals surface area contributed by atoms with Crippen LogP contribution < -0.4 is 5.32 Å². The number of carbonyl (C=O) groups excluding carboxylic acids is 1. The Morgan fingerprint density at radius 1 is 1.22 bits per heavy atom. The molecule has 1 saturated carbocycles. The van der Waals surface area contributed by atoms with Gasteiger partial charge in [-0.2, -0.15) is 13.2 Å². The molecule has 1 N–H and O–H groups in total. The number of carbonyl (C=O) groups is 1. The summed E-state index contributed by atoms with van der Waals surface area (Å²) in [5.74, 6) is 0.0831. The average molecular weight is 451 g/mol. The van der Waals surface area contributed by atoms with Gasteiger partial charge >= 0.3 is 6.18 Å². The van der Waals surface area contributed by atoms with Crippen molar-refractivity contribution in [2.45, 2.75) is 62.7 Å². The minimum absolute atomic E-state index is 0.0868. The Labute approximate surface area is 184 Å². The van der Waals surface area contributed by atoms with Gasteiger partial charge in [0.25, 0.3) is 0 Å². The number of hydrogen-bond acceptors (Lipinski definition) is 6. The van der Waals surface area contributed by atoms with Gasteiger partial charge < -0.3 is 10.2 Å². The third-order valence-corrected chi connectivity index (χ3v) is 7.45. The van der Waals surface area contributed by atoms with E-state index in [1.807, 2.05) is 16.2 Å². The summed E-state index contributed by atoms with van der Waals surface area (Å²) in [4.78, 5) is 23.0. The summed E-state index contributed by atoms with van der Waals surface area (Å²) in [5, 5.41) is 10.9. The molecule has 4 heterocycles. The van der Waals surface area contributed by atoms with Gasteiger partial charge in [0.15, 0.2) is 6.17 Å². The van der Waals surface area contributed by atoms with Gasteiger partial charge in [-0.1, -0.05) is 5.21 Å². The monoisotopic (exact) mass is 451 g/mol. The number of amides is 1. The zero-order valence-electron chi connectivity index (χ0n) is 18.1. The minimum Gasteiger partial charge on any atom is -0.347 e. The standard InChI is InChI=1S/C21H28F3N7O/c1-20-6-7-25-19(20)27-12-31-17(20)16(28-29-31)14-4-2-13(3-5-14)8-30-9-15(10-30)18(32)26-11-21(22,23)24/h7,12-15,19H,2-6,8-11H2,1H3,(H,26,32). The van der Waals surface area contributed by atoms with E-state index in [4.69, 9.17) is 0 Å². The number of alkyl halides is 3. The molecule has 5 rings (SSSR count). The third kappa shape index (κ3) is 3.95. The molecule has 11 heteroatoms. The Morgan fingerprint density at radius 2 is 1.97 bits per heavy atom. The van der Waals surface area contributed by atoms with Crippen molar-refractivity contribution in [1.82, 2.24) is 25.2 Å². The van der Waals surface area contributed by atoms with Crippen LogP contribution in [0.5, 0.6) is 0 Å². The first-order valence-electron chi connectivity index (χ1n) is 11.3. The molecule has 0 radical (unpaired) electrons. The molecular weight excluding hydrogens is 423 g/mol. The van der Waals surface area contributed by atoms with Gasteiger partial charge in [0.2, 0.25) is 5.91 Å². The molecule has 4 aliphatic rings. The van der Waals surface area contributed by atoms with E-state index in [9.17, 15) is 18.0 Å². The SMILES string of the molecule is CC12CC=NC1N=Cn1nnc(C3CCC(CN4CC(C(=O)NCC(F)(F)F)C4)CC3)c12. The normalized spacial score (nSPS) is 32.4. The molecule has 1 amide bonds. The molecule has 32 heavy (non-hydrogen) atoms. The fourth-order valence-electron chi connectivity index (χ4n) is 5.58. The summed E-state index contributed by atoms with van der Waals surface area (Å²) < 4.78 is 38.6. The van der Waals surface area contributed by atoms with E-state index in [1.165, 1.54) is 0 Å². The van der Waals surface area contributed by atoms with Crippen LogP contribution in [0.4, 0.5) is 13.2 Å². The molecule has 3 aliphatic heterocycles. The maximum absolute atomic E-state index is 12.3. The number of aliphatic imine (C=N–C) groups is 2. The molecule has 174 valence electrons. The number of fused-ring (bicyclic) bond motifs is 3. The fraction of sp³-hybridized carbons (Fsp3) is 0.762. The van der Waals surface area contributed by atoms with Crippen LogP contribution in [0, 0.1) is 11.8 Å². The maximum atomic E-state index is 12.3. The summed E-state index contributed by atoms with van der Waals surface area (Å²) in [5.41, 5.74) is 2.05. The first-order chi connectivity index (χ1) is 15.2. The fourth-order valence-corrected chi connectivity index (χ4v) is 5.58. The van der Waals surface area contributed by atoms with Gasteiger partial charge in [0.1, 0.15) is 12.9 Å². The molecule has 2 unspecified atom stereocenters. The zero-order chi connectivity index (χ0) is 22.5. The number of aromatic nitrogens is 3. The molecule has 0 aromatic carbocycles. The number of nitrogens with one attached hydrogen (secondary N) is 1. The second-order valence-electron chi connectivity index (χ2n) is 9.83. The van der Waals surface area contributed by atoms with Gasteiger partial charge in [-0.15, -0.1) is 5.10 Å². The highest BCUT2D eigenvalue weighted by Crippen LogP contribution is 2.44. The molecule has 1 aromatic heterocycles. The molecule has 1 aliphatic carbocycles. The maximum Gasteiger partial charge on any atom is 0.405 e. The average Bonchev–Trinajstić information content (AvgIpc) is 3.32. The number of nitrogens with zero attached hydrogens (tertiary/aromatic N) is 6. The Kier molecular flexibility index (Phi) is 5.34. The van der Waals surface area contributed by atoms with Crippen LogP contribution in [0.25, 0.3) is 0 Å². The number of hydrogen-bond donors (Lipinski definition) is 1. The van der Waals surface area contributed by atoms with Crippen molar-refractivity contribution in [3.63, 3.8) is 0 Å². The minimum atomic E-state index is -4.36. The first kappa shape index (κ1) is 21.5. The Morgan fingerprint density at radius 3 is 2.69 bits per heavy atom. The second kappa shape index (κ2) is 7.93. The van der Waals surface area contributed by atoms with E-state index in [0.29, 0.717) is 24.9 Å². The van der Waals surface area contributed by atoms with E-state index in [1.54, 1.807) is 6.34 Å². The van der Waals surface area contributed by atoms with Crippen molar-refractivity contribution in [2.24, 2.45) is 21.8 Å². The van der Waals surface area contributed by atoms with E-state index < -0.39 is 18.6 Å². The summed E-state index contributed by atoms with van der Waals surface area (Å²) in [6.07, 6.45) is 4.31. The van der Waals surface area contributed by atoms with Crippen LogP contribution in [0.15, 0.2) is 9.98 Å². The molecular formula is C21H28F3N7O. The first-order valence-corrected chi connectivity index (χ1v) is 11.3. The highest BCUT2D eigenvalue weighted by Gasteiger charge is 2.46. The van der Waals surface area contributed by atoms with Crippen molar-refractivity contribution in [3.05, 3.63) is 11.4 Å². The lowest BCUT2D eigenvalue weighted by molar-refractivity contribution is -0.144. The molecule has 0 bridgehead atoms. The van der Waals surface area contributed by atoms with Crippen LogP contribution in [-0.4, -0.2) is 76.9 Å². The van der Waals surface area contributed by atoms with E-state index in [2.05, 4.69) is 32.1 Å². The van der Waals surface area contributed by atoms with Crippen molar-refractivity contribution in [3.8, 4) is 0 Å². The lowest BCUT2D eigenvalue weighted by Gasteiger charge is -2.41. The van der Waals surface area contributed by atoms with Crippen molar-refractivity contribution in [2.75, 3.05) is 26.2 Å². The third-order valence-electron chi connectivity index (χ3n) is 7.45.